The molecule has 0 aliphatic rings. The van der Waals surface area contributed by atoms with Gasteiger partial charge in [-0.1, -0.05) is 54.1 Å². The topological polar surface area (TPSA) is 42.3 Å². The minimum atomic E-state index is -4.54. The first kappa shape index (κ1) is 25.3. The van der Waals surface area contributed by atoms with Crippen molar-refractivity contribution < 1.29 is 22.8 Å². The van der Waals surface area contributed by atoms with Gasteiger partial charge in [0.2, 0.25) is 0 Å². The third-order valence-corrected chi connectivity index (χ3v) is 6.93. The molecule has 0 fully saturated rings. The Labute approximate surface area is 217 Å². The molecule has 0 radical (unpaired) electrons. The Hall–Kier alpha value is -4.39. The van der Waals surface area contributed by atoms with Crippen LogP contribution in [0.5, 0.6) is 0 Å². The van der Waals surface area contributed by atoms with Crippen LogP contribution in [0.3, 0.4) is 0 Å². The summed E-state index contributed by atoms with van der Waals surface area (Å²) in [5, 5.41) is 1.35. The third-order valence-electron chi connectivity index (χ3n) is 6.93. The molecular formula is C31H25F3N2O2. The van der Waals surface area contributed by atoms with E-state index in [0.29, 0.717) is 34.1 Å². The highest BCUT2D eigenvalue weighted by Crippen LogP contribution is 2.38. The molecule has 0 saturated carbocycles. The van der Waals surface area contributed by atoms with Crippen molar-refractivity contribution in [3.8, 4) is 5.69 Å². The first-order valence-corrected chi connectivity index (χ1v) is 12.1. The van der Waals surface area contributed by atoms with E-state index >= 15 is 0 Å². The Kier molecular flexibility index (Phi) is 6.10. The van der Waals surface area contributed by atoms with E-state index in [4.69, 9.17) is 0 Å². The van der Waals surface area contributed by atoms with E-state index in [1.165, 1.54) is 11.0 Å². The van der Waals surface area contributed by atoms with E-state index in [9.17, 15) is 22.8 Å². The lowest BCUT2D eigenvalue weighted by atomic mass is 10.0. The van der Waals surface area contributed by atoms with Gasteiger partial charge in [-0.05, 0) is 56.2 Å². The number of carbonyl (C=O) groups is 2. The average Bonchev–Trinajstić information content (AvgIpc) is 3.20. The van der Waals surface area contributed by atoms with Gasteiger partial charge in [-0.15, -0.1) is 0 Å². The van der Waals surface area contributed by atoms with Gasteiger partial charge in [0.05, 0.1) is 27.8 Å². The maximum absolute atomic E-state index is 14.1. The van der Waals surface area contributed by atoms with Crippen molar-refractivity contribution in [3.05, 3.63) is 106 Å². The molecule has 192 valence electrons. The van der Waals surface area contributed by atoms with Crippen LogP contribution in [-0.2, 0) is 6.18 Å². The number of anilines is 1. The van der Waals surface area contributed by atoms with Crippen LogP contribution in [0.4, 0.5) is 18.9 Å². The van der Waals surface area contributed by atoms with Crippen LogP contribution < -0.4 is 4.90 Å². The molecule has 0 bridgehead atoms. The van der Waals surface area contributed by atoms with E-state index in [1.54, 1.807) is 41.9 Å². The predicted octanol–water partition coefficient (Wildman–Crippen LogP) is 7.82. The lowest BCUT2D eigenvalue weighted by Crippen LogP contribution is -2.30. The fraction of sp³-hybridized carbons (Fsp3) is 0.161. The van der Waals surface area contributed by atoms with Gasteiger partial charge in [0.15, 0.2) is 6.29 Å². The van der Waals surface area contributed by atoms with E-state index in [1.807, 2.05) is 45.0 Å². The summed E-state index contributed by atoms with van der Waals surface area (Å²) in [6, 6.07) is 19.6. The minimum absolute atomic E-state index is 0.115. The summed E-state index contributed by atoms with van der Waals surface area (Å²) in [5.41, 5.74) is 4.30. The van der Waals surface area contributed by atoms with E-state index < -0.39 is 17.6 Å². The van der Waals surface area contributed by atoms with Crippen molar-refractivity contribution in [2.24, 2.45) is 0 Å². The van der Waals surface area contributed by atoms with Crippen LogP contribution in [0.25, 0.3) is 27.5 Å². The van der Waals surface area contributed by atoms with Crippen LogP contribution in [0.1, 0.15) is 43.0 Å². The SMILES string of the molecule is Cc1cc(C)c(N(C)C(=O)c2c(C=O)cccc2-n2c3ccccc3c3ccc(C(F)(F)F)cc32)c(C)c1. The maximum Gasteiger partial charge on any atom is 0.416 e. The van der Waals surface area contributed by atoms with Gasteiger partial charge in [-0.25, -0.2) is 0 Å². The lowest BCUT2D eigenvalue weighted by Gasteiger charge is -2.25. The number of amides is 1. The standard InChI is InChI=1S/C31H25F3N2O2/c1-18-14-19(2)29(20(3)15-18)35(4)30(38)28-21(17-37)8-7-11-26(28)36-25-10-6-5-9-23(25)24-13-12-22(16-27(24)36)31(32,33)34/h5-17H,1-4H3. The zero-order valence-corrected chi connectivity index (χ0v) is 21.4. The molecule has 1 heterocycles. The number of hydrogen-bond donors (Lipinski definition) is 0. The number of benzene rings is 4. The summed E-state index contributed by atoms with van der Waals surface area (Å²) >= 11 is 0. The highest BCUT2D eigenvalue weighted by molar-refractivity contribution is 6.15. The fourth-order valence-electron chi connectivity index (χ4n) is 5.45. The molecule has 1 aromatic heterocycles. The highest BCUT2D eigenvalue weighted by atomic mass is 19.4. The number of nitrogens with zero attached hydrogens (tertiary/aromatic N) is 2. The molecule has 5 rings (SSSR count). The molecule has 4 nitrogen and oxygen atoms in total. The molecule has 0 unspecified atom stereocenters. The van der Waals surface area contributed by atoms with Gasteiger partial charge in [0, 0.05) is 29.1 Å². The highest BCUT2D eigenvalue weighted by Gasteiger charge is 2.32. The Balaban J connectivity index is 1.82. The van der Waals surface area contributed by atoms with Crippen LogP contribution in [0, 0.1) is 20.8 Å². The van der Waals surface area contributed by atoms with Gasteiger partial charge in [-0.3, -0.25) is 9.59 Å². The molecule has 5 aromatic rings. The van der Waals surface area contributed by atoms with Gasteiger partial charge >= 0.3 is 6.18 Å². The number of alkyl halides is 3. The summed E-state index contributed by atoms with van der Waals surface area (Å²) in [5.74, 6) is -0.435. The second-order valence-electron chi connectivity index (χ2n) is 9.55. The van der Waals surface area contributed by atoms with Crippen molar-refractivity contribution in [2.75, 3.05) is 11.9 Å². The maximum atomic E-state index is 14.1. The van der Waals surface area contributed by atoms with Gasteiger partial charge in [0.1, 0.15) is 0 Å². The number of carbonyl (C=O) groups excluding carboxylic acids is 2. The minimum Gasteiger partial charge on any atom is -0.311 e. The normalized spacial score (nSPS) is 11.8. The van der Waals surface area contributed by atoms with Gasteiger partial charge in [0.25, 0.3) is 5.91 Å². The molecule has 0 spiro atoms. The number of aromatic nitrogens is 1. The number of aryl methyl sites for hydroxylation is 3. The van der Waals surface area contributed by atoms with Crippen molar-refractivity contribution in [3.63, 3.8) is 0 Å². The van der Waals surface area contributed by atoms with E-state index in [-0.39, 0.29) is 11.1 Å². The van der Waals surface area contributed by atoms with E-state index in [0.717, 1.165) is 34.2 Å². The molecule has 0 saturated heterocycles. The summed E-state index contributed by atoms with van der Waals surface area (Å²) in [4.78, 5) is 27.8. The molecule has 0 atom stereocenters. The van der Waals surface area contributed by atoms with Crippen LogP contribution in [0.2, 0.25) is 0 Å². The molecule has 0 N–H and O–H groups in total. The number of fused-ring (bicyclic) bond motifs is 3. The van der Waals surface area contributed by atoms with Gasteiger partial charge < -0.3 is 9.47 Å². The van der Waals surface area contributed by atoms with Crippen LogP contribution in [0.15, 0.2) is 72.8 Å². The predicted molar refractivity (Wildman–Crippen MR) is 145 cm³/mol. The quantitative estimate of drug-likeness (QED) is 0.230. The Bertz CT molecular complexity index is 1730. The van der Waals surface area contributed by atoms with Crippen LogP contribution >= 0.6 is 0 Å². The number of hydrogen-bond acceptors (Lipinski definition) is 2. The molecule has 0 aliphatic heterocycles. The average molecular weight is 515 g/mol. The molecule has 1 amide bonds. The largest absolute Gasteiger partial charge is 0.416 e. The molecule has 7 heteroatoms. The van der Waals surface area contributed by atoms with Crippen LogP contribution in [-0.4, -0.2) is 23.8 Å². The molecular weight excluding hydrogens is 489 g/mol. The van der Waals surface area contributed by atoms with Crippen molar-refractivity contribution in [1.82, 2.24) is 4.57 Å². The third kappa shape index (κ3) is 4.04. The zero-order chi connectivity index (χ0) is 27.4. The number of rotatable bonds is 4. The number of para-hydroxylation sites is 1. The summed E-state index contributed by atoms with van der Waals surface area (Å²) in [7, 11) is 1.64. The second-order valence-corrected chi connectivity index (χ2v) is 9.55. The van der Waals surface area contributed by atoms with Gasteiger partial charge in [-0.2, -0.15) is 13.2 Å². The Morgan fingerprint density at radius 3 is 2.16 bits per heavy atom. The first-order valence-electron chi connectivity index (χ1n) is 12.1. The van der Waals surface area contributed by atoms with Crippen molar-refractivity contribution in [1.29, 1.82) is 0 Å². The first-order chi connectivity index (χ1) is 18.0. The molecule has 38 heavy (non-hydrogen) atoms. The summed E-state index contributed by atoms with van der Waals surface area (Å²) < 4.78 is 42.8. The fourth-order valence-corrected chi connectivity index (χ4v) is 5.45. The smallest absolute Gasteiger partial charge is 0.311 e. The van der Waals surface area contributed by atoms with E-state index in [2.05, 4.69) is 0 Å². The lowest BCUT2D eigenvalue weighted by molar-refractivity contribution is -0.137. The number of halogens is 3. The van der Waals surface area contributed by atoms with Crippen molar-refractivity contribution in [2.45, 2.75) is 26.9 Å². The summed E-state index contributed by atoms with van der Waals surface area (Å²) in [6.45, 7) is 5.80. The zero-order valence-electron chi connectivity index (χ0n) is 21.4. The Morgan fingerprint density at radius 1 is 0.842 bits per heavy atom. The summed E-state index contributed by atoms with van der Waals surface area (Å²) in [6.07, 6.45) is -3.94. The molecule has 0 aliphatic carbocycles. The second kappa shape index (κ2) is 9.17. The molecule has 4 aromatic carbocycles. The number of aldehydes is 1. The van der Waals surface area contributed by atoms with Crippen molar-refractivity contribution >= 4 is 39.7 Å². The Morgan fingerprint density at radius 2 is 1.50 bits per heavy atom. The monoisotopic (exact) mass is 514 g/mol.